The van der Waals surface area contributed by atoms with Crippen molar-refractivity contribution in [1.82, 2.24) is 4.98 Å². The smallest absolute Gasteiger partial charge is 0.0459 e. The van der Waals surface area contributed by atoms with Crippen LogP contribution >= 0.6 is 15.9 Å². The highest BCUT2D eigenvalue weighted by Crippen LogP contribution is 2.35. The molecule has 1 aliphatic rings. The van der Waals surface area contributed by atoms with Gasteiger partial charge in [0.1, 0.15) is 0 Å². The van der Waals surface area contributed by atoms with E-state index in [0.29, 0.717) is 0 Å². The van der Waals surface area contributed by atoms with Gasteiger partial charge in [0.05, 0.1) is 0 Å². The predicted octanol–water partition coefficient (Wildman–Crippen LogP) is 10.7. The Kier molecular flexibility index (Phi) is 12.3. The summed E-state index contributed by atoms with van der Waals surface area (Å²) in [6.07, 6.45) is 28.6. The van der Waals surface area contributed by atoms with Gasteiger partial charge in [-0.15, -0.1) is 0 Å². The number of fused-ring (bicyclic) bond motifs is 3. The molecular formula is C30H48BrN. The molecule has 2 heteroatoms. The first kappa shape index (κ1) is 25.9. The summed E-state index contributed by atoms with van der Waals surface area (Å²) in [6, 6.07) is 6.68. The van der Waals surface area contributed by atoms with Gasteiger partial charge in [0.15, 0.2) is 0 Å². The van der Waals surface area contributed by atoms with E-state index in [9.17, 15) is 0 Å². The van der Waals surface area contributed by atoms with Crippen LogP contribution in [0.25, 0.3) is 10.9 Å². The van der Waals surface area contributed by atoms with Gasteiger partial charge in [-0.25, -0.2) is 0 Å². The van der Waals surface area contributed by atoms with E-state index in [1.165, 1.54) is 149 Å². The minimum absolute atomic E-state index is 0.895. The number of halogens is 1. The zero-order chi connectivity index (χ0) is 22.4. The van der Waals surface area contributed by atoms with Crippen LogP contribution in [0, 0.1) is 5.92 Å². The zero-order valence-corrected chi connectivity index (χ0v) is 22.4. The van der Waals surface area contributed by atoms with Crippen molar-refractivity contribution >= 4 is 26.8 Å². The number of hydrogen-bond donors (Lipinski definition) is 1. The lowest BCUT2D eigenvalue weighted by Gasteiger charge is -2.22. The van der Waals surface area contributed by atoms with E-state index in [4.69, 9.17) is 0 Å². The lowest BCUT2D eigenvalue weighted by atomic mass is 9.83. The molecule has 1 aliphatic carbocycles. The van der Waals surface area contributed by atoms with Crippen LogP contribution in [0.3, 0.4) is 0 Å². The van der Waals surface area contributed by atoms with Gasteiger partial charge in [-0.2, -0.15) is 0 Å². The minimum Gasteiger partial charge on any atom is -0.358 e. The number of aromatic nitrogens is 1. The van der Waals surface area contributed by atoms with Crippen molar-refractivity contribution in [2.45, 2.75) is 135 Å². The van der Waals surface area contributed by atoms with Crippen LogP contribution < -0.4 is 0 Å². The highest BCUT2D eigenvalue weighted by molar-refractivity contribution is 9.10. The van der Waals surface area contributed by atoms with Crippen molar-refractivity contribution < 1.29 is 0 Å². The first-order valence-corrected chi connectivity index (χ1v) is 14.9. The predicted molar refractivity (Wildman–Crippen MR) is 146 cm³/mol. The van der Waals surface area contributed by atoms with E-state index in [1.807, 2.05) is 0 Å². The van der Waals surface area contributed by atoms with Crippen molar-refractivity contribution in [3.63, 3.8) is 0 Å². The molecule has 1 unspecified atom stereocenters. The number of hydrogen-bond acceptors (Lipinski definition) is 0. The van der Waals surface area contributed by atoms with Gasteiger partial charge < -0.3 is 4.98 Å². The van der Waals surface area contributed by atoms with E-state index in [0.717, 1.165) is 5.92 Å². The molecule has 0 radical (unpaired) electrons. The van der Waals surface area contributed by atoms with Crippen molar-refractivity contribution in [1.29, 1.82) is 0 Å². The van der Waals surface area contributed by atoms with E-state index >= 15 is 0 Å². The second kappa shape index (κ2) is 15.2. The molecule has 0 saturated heterocycles. The third kappa shape index (κ3) is 8.88. The average molecular weight is 503 g/mol. The van der Waals surface area contributed by atoms with Gasteiger partial charge in [0.25, 0.3) is 0 Å². The quantitative estimate of drug-likeness (QED) is 0.207. The first-order valence-electron chi connectivity index (χ1n) is 14.1. The van der Waals surface area contributed by atoms with Gasteiger partial charge >= 0.3 is 0 Å². The molecule has 1 nitrogen and oxygen atoms in total. The summed E-state index contributed by atoms with van der Waals surface area (Å²) < 4.78 is 1.20. The highest BCUT2D eigenvalue weighted by Gasteiger charge is 2.22. The molecule has 0 bridgehead atoms. The van der Waals surface area contributed by atoms with Gasteiger partial charge in [-0.05, 0) is 48.9 Å². The Balaban J connectivity index is 1.15. The topological polar surface area (TPSA) is 15.8 Å². The largest absolute Gasteiger partial charge is 0.358 e. The fourth-order valence-corrected chi connectivity index (χ4v) is 6.05. The van der Waals surface area contributed by atoms with Crippen molar-refractivity contribution in [3.8, 4) is 0 Å². The Morgan fingerprint density at radius 3 is 1.94 bits per heavy atom. The molecule has 0 fully saturated rings. The molecule has 2 aromatic rings. The summed E-state index contributed by atoms with van der Waals surface area (Å²) in [4.78, 5) is 3.67. The van der Waals surface area contributed by atoms with Crippen molar-refractivity contribution in [2.75, 3.05) is 0 Å². The first-order chi connectivity index (χ1) is 15.8. The second-order valence-corrected chi connectivity index (χ2v) is 11.4. The fraction of sp³-hybridized carbons (Fsp3) is 0.733. The van der Waals surface area contributed by atoms with Crippen LogP contribution in [0.15, 0.2) is 22.7 Å². The fourth-order valence-electron chi connectivity index (χ4n) is 5.69. The summed E-state index contributed by atoms with van der Waals surface area (Å²) in [7, 11) is 0. The molecule has 32 heavy (non-hydrogen) atoms. The molecule has 1 atom stereocenters. The molecule has 0 amide bonds. The Morgan fingerprint density at radius 1 is 0.781 bits per heavy atom. The van der Waals surface area contributed by atoms with Gasteiger partial charge in [0.2, 0.25) is 0 Å². The maximum Gasteiger partial charge on any atom is 0.0459 e. The number of unbranched alkanes of at least 4 members (excludes halogenated alkanes) is 15. The molecular weight excluding hydrogens is 454 g/mol. The van der Waals surface area contributed by atoms with E-state index in [-0.39, 0.29) is 0 Å². The van der Waals surface area contributed by atoms with Crippen molar-refractivity contribution in [2.24, 2.45) is 5.92 Å². The third-order valence-electron chi connectivity index (χ3n) is 7.72. The Bertz CT molecular complexity index is 762. The van der Waals surface area contributed by atoms with Crippen LogP contribution in [0.1, 0.15) is 134 Å². The standard InChI is InChI=1S/C30H48BrN/c1-2-3-4-5-6-7-8-9-10-11-12-13-14-15-16-17-18-25-19-21-29-27(23-25)28-24-26(31)20-22-30(28)32-29/h20,22,24-25,32H,2-19,21,23H2,1H3. The van der Waals surface area contributed by atoms with Crippen molar-refractivity contribution in [3.05, 3.63) is 33.9 Å². The second-order valence-electron chi connectivity index (χ2n) is 10.5. The van der Waals surface area contributed by atoms with Gasteiger partial charge in [-0.3, -0.25) is 0 Å². The Morgan fingerprint density at radius 2 is 1.34 bits per heavy atom. The molecule has 1 N–H and O–H groups in total. The highest BCUT2D eigenvalue weighted by atomic mass is 79.9. The molecule has 180 valence electrons. The summed E-state index contributed by atoms with van der Waals surface area (Å²) in [5.74, 6) is 0.895. The maximum atomic E-state index is 3.67. The molecule has 0 aliphatic heterocycles. The summed E-state index contributed by atoms with van der Waals surface area (Å²) in [5.41, 5.74) is 4.43. The van der Waals surface area contributed by atoms with Crippen LogP contribution in [-0.2, 0) is 12.8 Å². The van der Waals surface area contributed by atoms with E-state index in [1.54, 1.807) is 5.56 Å². The maximum absolute atomic E-state index is 3.67. The molecule has 1 aromatic carbocycles. The molecule has 3 rings (SSSR count). The number of aryl methyl sites for hydroxylation is 1. The lowest BCUT2D eigenvalue weighted by Crippen LogP contribution is -2.13. The number of aromatic amines is 1. The van der Waals surface area contributed by atoms with Gasteiger partial charge in [0, 0.05) is 21.1 Å². The summed E-state index contributed by atoms with van der Waals surface area (Å²) >= 11 is 3.65. The SMILES string of the molecule is CCCCCCCCCCCCCCCCCCC1CCc2[nH]c3ccc(Br)cc3c2C1. The van der Waals surface area contributed by atoms with Crippen LogP contribution in [0.5, 0.6) is 0 Å². The molecule has 0 spiro atoms. The molecule has 0 saturated carbocycles. The Labute approximate surface area is 206 Å². The monoisotopic (exact) mass is 501 g/mol. The minimum atomic E-state index is 0.895. The number of rotatable bonds is 17. The number of H-pyrrole nitrogens is 1. The van der Waals surface area contributed by atoms with Crippen LogP contribution in [0.4, 0.5) is 0 Å². The zero-order valence-electron chi connectivity index (χ0n) is 20.8. The lowest BCUT2D eigenvalue weighted by molar-refractivity contribution is 0.403. The summed E-state index contributed by atoms with van der Waals surface area (Å²) in [5, 5.41) is 1.45. The Hall–Kier alpha value is -0.760. The number of benzene rings is 1. The van der Waals surface area contributed by atoms with E-state index < -0.39 is 0 Å². The van der Waals surface area contributed by atoms with Gasteiger partial charge in [-0.1, -0.05) is 132 Å². The van der Waals surface area contributed by atoms with Crippen LogP contribution in [-0.4, -0.2) is 4.98 Å². The average Bonchev–Trinajstić information content (AvgIpc) is 3.16. The molecule has 1 aromatic heterocycles. The number of nitrogens with one attached hydrogen (secondary N) is 1. The normalized spacial score (nSPS) is 16.0. The molecule has 1 heterocycles. The van der Waals surface area contributed by atoms with E-state index in [2.05, 4.69) is 46.0 Å². The third-order valence-corrected chi connectivity index (χ3v) is 8.21. The van der Waals surface area contributed by atoms with Crippen LogP contribution in [0.2, 0.25) is 0 Å². The summed E-state index contributed by atoms with van der Waals surface area (Å²) in [6.45, 7) is 2.30.